The van der Waals surface area contributed by atoms with E-state index < -0.39 is 24.4 Å². The van der Waals surface area contributed by atoms with Gasteiger partial charge in [0.15, 0.2) is 5.92 Å². The van der Waals surface area contributed by atoms with Crippen molar-refractivity contribution in [3.8, 4) is 0 Å². The molecule has 0 fully saturated rings. The van der Waals surface area contributed by atoms with Gasteiger partial charge in [0.25, 0.3) is 0 Å². The third-order valence-corrected chi connectivity index (χ3v) is 1.25. The second kappa shape index (κ2) is 3.55. The standard InChI is InChI=1S/C6H5F7/c1-2-3(7)4(5(8,9)10)6(11,12)13/h2-4H,1H2. The number of allylic oxidation sites excluding steroid dienone is 1. The molecule has 1 unspecified atom stereocenters. The first-order chi connectivity index (χ1) is 5.60. The molecule has 0 heterocycles. The van der Waals surface area contributed by atoms with E-state index in [1.54, 1.807) is 0 Å². The maximum atomic E-state index is 12.2. The second-order valence-electron chi connectivity index (χ2n) is 2.24. The van der Waals surface area contributed by atoms with Gasteiger partial charge in [-0.15, -0.1) is 6.58 Å². The van der Waals surface area contributed by atoms with Gasteiger partial charge in [0, 0.05) is 0 Å². The monoisotopic (exact) mass is 210 g/mol. The molecule has 0 bridgehead atoms. The second-order valence-corrected chi connectivity index (χ2v) is 2.24. The van der Waals surface area contributed by atoms with Crippen molar-refractivity contribution in [2.24, 2.45) is 5.92 Å². The minimum Gasteiger partial charge on any atom is -0.242 e. The molecule has 0 saturated carbocycles. The first-order valence-electron chi connectivity index (χ1n) is 3.00. The van der Waals surface area contributed by atoms with E-state index in [-0.39, 0.29) is 6.08 Å². The van der Waals surface area contributed by atoms with Crippen LogP contribution in [-0.4, -0.2) is 18.5 Å². The molecule has 0 N–H and O–H groups in total. The average molecular weight is 210 g/mol. The van der Waals surface area contributed by atoms with Gasteiger partial charge in [0.2, 0.25) is 0 Å². The lowest BCUT2D eigenvalue weighted by Crippen LogP contribution is -2.42. The van der Waals surface area contributed by atoms with Gasteiger partial charge in [-0.2, -0.15) is 26.3 Å². The first-order valence-corrected chi connectivity index (χ1v) is 3.00. The van der Waals surface area contributed by atoms with Gasteiger partial charge >= 0.3 is 12.4 Å². The van der Waals surface area contributed by atoms with Gasteiger partial charge in [-0.3, -0.25) is 0 Å². The number of alkyl halides is 7. The van der Waals surface area contributed by atoms with Gasteiger partial charge in [0.05, 0.1) is 0 Å². The molecule has 0 radical (unpaired) electrons. The first kappa shape index (κ1) is 12.2. The Bertz CT molecular complexity index is 162. The number of halogens is 7. The zero-order valence-corrected chi connectivity index (χ0v) is 6.08. The van der Waals surface area contributed by atoms with Crippen LogP contribution in [0.4, 0.5) is 30.7 Å². The van der Waals surface area contributed by atoms with Crippen LogP contribution in [-0.2, 0) is 0 Å². The molecule has 0 rings (SSSR count). The highest BCUT2D eigenvalue weighted by molar-refractivity contribution is 4.92. The molecule has 0 aromatic carbocycles. The van der Waals surface area contributed by atoms with Gasteiger partial charge < -0.3 is 0 Å². The van der Waals surface area contributed by atoms with Crippen molar-refractivity contribution in [3.63, 3.8) is 0 Å². The topological polar surface area (TPSA) is 0 Å². The van der Waals surface area contributed by atoms with Gasteiger partial charge in [-0.05, 0) is 0 Å². The van der Waals surface area contributed by atoms with Crippen molar-refractivity contribution in [1.82, 2.24) is 0 Å². The Kier molecular flexibility index (Phi) is 3.34. The van der Waals surface area contributed by atoms with E-state index in [2.05, 4.69) is 6.58 Å². The summed E-state index contributed by atoms with van der Waals surface area (Å²) in [4.78, 5) is 0. The molecule has 0 aliphatic carbocycles. The highest BCUT2D eigenvalue weighted by Gasteiger charge is 2.60. The quantitative estimate of drug-likeness (QED) is 0.484. The molecule has 7 heteroatoms. The third kappa shape index (κ3) is 3.23. The number of hydrogen-bond acceptors (Lipinski definition) is 0. The van der Waals surface area contributed by atoms with Crippen molar-refractivity contribution in [2.75, 3.05) is 0 Å². The third-order valence-electron chi connectivity index (χ3n) is 1.25. The summed E-state index contributed by atoms with van der Waals surface area (Å²) >= 11 is 0. The molecule has 0 aromatic heterocycles. The summed E-state index contributed by atoms with van der Waals surface area (Å²) < 4.78 is 82.1. The zero-order valence-electron chi connectivity index (χ0n) is 6.08. The summed E-state index contributed by atoms with van der Waals surface area (Å²) in [5.41, 5.74) is 0. The van der Waals surface area contributed by atoms with Crippen LogP contribution in [0.2, 0.25) is 0 Å². The fourth-order valence-corrected chi connectivity index (χ4v) is 0.683. The van der Waals surface area contributed by atoms with Crippen LogP contribution >= 0.6 is 0 Å². The summed E-state index contributed by atoms with van der Waals surface area (Å²) in [7, 11) is 0. The van der Waals surface area contributed by atoms with Gasteiger partial charge in [-0.25, -0.2) is 4.39 Å². The van der Waals surface area contributed by atoms with E-state index >= 15 is 0 Å². The average Bonchev–Trinajstić information content (AvgIpc) is 1.80. The molecule has 13 heavy (non-hydrogen) atoms. The summed E-state index contributed by atoms with van der Waals surface area (Å²) in [6, 6.07) is 0. The fraction of sp³-hybridized carbons (Fsp3) is 0.667. The summed E-state index contributed by atoms with van der Waals surface area (Å²) in [5.74, 6) is -3.99. The van der Waals surface area contributed by atoms with Gasteiger partial charge in [0.1, 0.15) is 6.17 Å². The highest BCUT2D eigenvalue weighted by atomic mass is 19.4. The lowest BCUT2D eigenvalue weighted by Gasteiger charge is -2.23. The Labute approximate surface area is 69.0 Å². The highest BCUT2D eigenvalue weighted by Crippen LogP contribution is 2.42. The Morgan fingerprint density at radius 1 is 0.923 bits per heavy atom. The largest absolute Gasteiger partial charge is 0.403 e. The van der Waals surface area contributed by atoms with Crippen LogP contribution < -0.4 is 0 Å². The Morgan fingerprint density at radius 2 is 1.23 bits per heavy atom. The predicted molar refractivity (Wildman–Crippen MR) is 30.7 cm³/mol. The maximum Gasteiger partial charge on any atom is 0.403 e. The molecule has 1 atom stereocenters. The van der Waals surface area contributed by atoms with E-state index in [0.717, 1.165) is 0 Å². The van der Waals surface area contributed by atoms with Crippen LogP contribution in [0.25, 0.3) is 0 Å². The fourth-order valence-electron chi connectivity index (χ4n) is 0.683. The number of rotatable bonds is 2. The molecule has 0 aliphatic heterocycles. The predicted octanol–water partition coefficient (Wildman–Crippen LogP) is 3.25. The molecular formula is C6H5F7. The lowest BCUT2D eigenvalue weighted by atomic mass is 10.0. The van der Waals surface area contributed by atoms with Crippen molar-refractivity contribution >= 4 is 0 Å². The van der Waals surface area contributed by atoms with Crippen LogP contribution in [0.1, 0.15) is 0 Å². The van der Waals surface area contributed by atoms with E-state index in [4.69, 9.17) is 0 Å². The SMILES string of the molecule is C=CC(F)C(C(F)(F)F)C(F)(F)F. The van der Waals surface area contributed by atoms with Crippen molar-refractivity contribution in [2.45, 2.75) is 18.5 Å². The Hall–Kier alpha value is -0.750. The van der Waals surface area contributed by atoms with E-state index in [1.165, 1.54) is 0 Å². The molecule has 0 saturated heterocycles. The Balaban J connectivity index is 4.88. The summed E-state index contributed by atoms with van der Waals surface area (Å²) in [5, 5.41) is 0. The van der Waals surface area contributed by atoms with E-state index in [1.807, 2.05) is 0 Å². The number of hydrogen-bond donors (Lipinski definition) is 0. The van der Waals surface area contributed by atoms with E-state index in [0.29, 0.717) is 0 Å². The summed E-state index contributed by atoms with van der Waals surface area (Å²) in [6.07, 6.45) is -14.5. The van der Waals surface area contributed by atoms with Crippen LogP contribution in [0.3, 0.4) is 0 Å². The van der Waals surface area contributed by atoms with Crippen LogP contribution in [0.5, 0.6) is 0 Å². The molecular weight excluding hydrogens is 205 g/mol. The maximum absolute atomic E-state index is 12.2. The lowest BCUT2D eigenvalue weighted by molar-refractivity contribution is -0.294. The molecule has 0 aromatic rings. The van der Waals surface area contributed by atoms with Crippen LogP contribution in [0, 0.1) is 5.92 Å². The van der Waals surface area contributed by atoms with Crippen LogP contribution in [0.15, 0.2) is 12.7 Å². The summed E-state index contributed by atoms with van der Waals surface area (Å²) in [6.45, 7) is 2.53. The zero-order chi connectivity index (χ0) is 10.9. The molecule has 0 nitrogen and oxygen atoms in total. The molecule has 0 aliphatic rings. The van der Waals surface area contributed by atoms with Crippen molar-refractivity contribution < 1.29 is 30.7 Å². The molecule has 0 amide bonds. The van der Waals surface area contributed by atoms with Crippen molar-refractivity contribution in [3.05, 3.63) is 12.7 Å². The Morgan fingerprint density at radius 3 is 1.31 bits per heavy atom. The molecule has 78 valence electrons. The van der Waals surface area contributed by atoms with E-state index in [9.17, 15) is 30.7 Å². The minimum atomic E-state index is -5.65. The smallest absolute Gasteiger partial charge is 0.242 e. The minimum absolute atomic E-state index is 0.0222. The van der Waals surface area contributed by atoms with Crippen molar-refractivity contribution in [1.29, 1.82) is 0 Å². The normalized spacial score (nSPS) is 16.0. The molecule has 0 spiro atoms. The van der Waals surface area contributed by atoms with Gasteiger partial charge in [-0.1, -0.05) is 6.08 Å².